The summed E-state index contributed by atoms with van der Waals surface area (Å²) in [5, 5.41) is 6.75. The van der Waals surface area contributed by atoms with E-state index in [4.69, 9.17) is 11.6 Å². The standard InChI is InChI=1S/C20H22ClN3O2/c1-14(15-4-6-16(21)7-5-15)22-13-19(25)23-17-8-10-18(11-9-17)24-12-2-3-20(24)26/h4-11,14,22H,2-3,12-13H2,1H3,(H,23,25)/t14-/m0/s1. The Morgan fingerprint density at radius 1 is 1.15 bits per heavy atom. The monoisotopic (exact) mass is 371 g/mol. The van der Waals surface area contributed by atoms with Crippen LogP contribution in [0.4, 0.5) is 11.4 Å². The molecule has 3 rings (SSSR count). The van der Waals surface area contributed by atoms with Crippen LogP contribution in [0, 0.1) is 0 Å². The Morgan fingerprint density at radius 3 is 2.46 bits per heavy atom. The van der Waals surface area contributed by atoms with Crippen LogP contribution in [0.5, 0.6) is 0 Å². The molecule has 0 bridgehead atoms. The van der Waals surface area contributed by atoms with Gasteiger partial charge in [0.1, 0.15) is 0 Å². The lowest BCUT2D eigenvalue weighted by Gasteiger charge is -2.16. The maximum Gasteiger partial charge on any atom is 0.238 e. The molecule has 1 atom stereocenters. The average Bonchev–Trinajstić information content (AvgIpc) is 3.07. The molecule has 2 amide bonds. The smallest absolute Gasteiger partial charge is 0.238 e. The molecule has 0 aliphatic carbocycles. The quantitative estimate of drug-likeness (QED) is 0.812. The van der Waals surface area contributed by atoms with E-state index in [1.807, 2.05) is 55.5 Å². The second-order valence-corrected chi connectivity index (χ2v) is 6.83. The number of halogens is 1. The first-order chi connectivity index (χ1) is 12.5. The summed E-state index contributed by atoms with van der Waals surface area (Å²) in [5.74, 6) is 0.0398. The molecule has 2 N–H and O–H groups in total. The fourth-order valence-corrected chi connectivity index (χ4v) is 3.09. The molecule has 0 unspecified atom stereocenters. The Bertz CT molecular complexity index is 775. The normalized spacial score (nSPS) is 15.2. The minimum atomic E-state index is -0.115. The van der Waals surface area contributed by atoms with Crippen molar-refractivity contribution in [2.24, 2.45) is 0 Å². The summed E-state index contributed by atoms with van der Waals surface area (Å²) in [6.45, 7) is 2.96. The van der Waals surface area contributed by atoms with Gasteiger partial charge in [0.05, 0.1) is 6.54 Å². The molecule has 2 aromatic rings. The van der Waals surface area contributed by atoms with E-state index < -0.39 is 0 Å². The van der Waals surface area contributed by atoms with Crippen LogP contribution >= 0.6 is 11.6 Å². The molecule has 1 fully saturated rings. The summed E-state index contributed by atoms with van der Waals surface area (Å²) < 4.78 is 0. The lowest BCUT2D eigenvalue weighted by Crippen LogP contribution is -2.30. The first-order valence-electron chi connectivity index (χ1n) is 8.72. The Hall–Kier alpha value is -2.37. The summed E-state index contributed by atoms with van der Waals surface area (Å²) >= 11 is 5.89. The molecule has 136 valence electrons. The molecule has 6 heteroatoms. The predicted octanol–water partition coefficient (Wildman–Crippen LogP) is 3.76. The highest BCUT2D eigenvalue weighted by Crippen LogP contribution is 2.23. The molecule has 1 saturated heterocycles. The third kappa shape index (κ3) is 4.62. The van der Waals surface area contributed by atoms with E-state index in [2.05, 4.69) is 10.6 Å². The lowest BCUT2D eigenvalue weighted by atomic mass is 10.1. The molecule has 5 nitrogen and oxygen atoms in total. The van der Waals surface area contributed by atoms with Gasteiger partial charge in [-0.2, -0.15) is 0 Å². The number of hydrogen-bond acceptors (Lipinski definition) is 3. The Labute approximate surface area is 158 Å². The van der Waals surface area contributed by atoms with Crippen LogP contribution in [0.3, 0.4) is 0 Å². The lowest BCUT2D eigenvalue weighted by molar-refractivity contribution is -0.117. The SMILES string of the molecule is C[C@H](NCC(=O)Nc1ccc(N2CCCC2=O)cc1)c1ccc(Cl)cc1. The van der Waals surface area contributed by atoms with Crippen molar-refractivity contribution in [3.8, 4) is 0 Å². The predicted molar refractivity (Wildman–Crippen MR) is 105 cm³/mol. The number of amides is 2. The molecule has 1 aliphatic heterocycles. The molecule has 1 aliphatic rings. The minimum Gasteiger partial charge on any atom is -0.325 e. The molecule has 1 heterocycles. The number of nitrogens with zero attached hydrogens (tertiary/aromatic N) is 1. The van der Waals surface area contributed by atoms with Crippen LogP contribution in [-0.2, 0) is 9.59 Å². The van der Waals surface area contributed by atoms with Crippen LogP contribution in [0.2, 0.25) is 5.02 Å². The zero-order valence-electron chi connectivity index (χ0n) is 14.7. The number of carbonyl (C=O) groups is 2. The largest absolute Gasteiger partial charge is 0.325 e. The number of carbonyl (C=O) groups excluding carboxylic acids is 2. The van der Waals surface area contributed by atoms with Gasteiger partial charge < -0.3 is 15.5 Å². The van der Waals surface area contributed by atoms with E-state index in [0.29, 0.717) is 17.1 Å². The topological polar surface area (TPSA) is 61.4 Å². The molecule has 0 spiro atoms. The number of rotatable bonds is 6. The van der Waals surface area contributed by atoms with Crippen molar-refractivity contribution in [1.82, 2.24) is 5.32 Å². The fraction of sp³-hybridized carbons (Fsp3) is 0.300. The molecular formula is C20H22ClN3O2. The van der Waals surface area contributed by atoms with Crippen molar-refractivity contribution in [2.75, 3.05) is 23.3 Å². The van der Waals surface area contributed by atoms with Crippen LogP contribution in [0.1, 0.15) is 31.4 Å². The average molecular weight is 372 g/mol. The van der Waals surface area contributed by atoms with Gasteiger partial charge in [0, 0.05) is 35.4 Å². The van der Waals surface area contributed by atoms with E-state index in [0.717, 1.165) is 24.2 Å². The molecule has 2 aromatic carbocycles. The van der Waals surface area contributed by atoms with Gasteiger partial charge in [-0.1, -0.05) is 23.7 Å². The third-order valence-electron chi connectivity index (χ3n) is 4.47. The number of nitrogens with one attached hydrogen (secondary N) is 2. The van der Waals surface area contributed by atoms with Crippen LogP contribution in [0.25, 0.3) is 0 Å². The Kier molecular flexibility index (Phi) is 5.91. The fourth-order valence-electron chi connectivity index (χ4n) is 2.97. The van der Waals surface area contributed by atoms with E-state index in [-0.39, 0.29) is 24.4 Å². The van der Waals surface area contributed by atoms with E-state index in [1.165, 1.54) is 0 Å². The van der Waals surface area contributed by atoms with Crippen molar-refractivity contribution in [3.05, 3.63) is 59.1 Å². The van der Waals surface area contributed by atoms with Crippen molar-refractivity contribution >= 4 is 34.8 Å². The first-order valence-corrected chi connectivity index (χ1v) is 9.10. The zero-order valence-corrected chi connectivity index (χ0v) is 15.4. The highest BCUT2D eigenvalue weighted by Gasteiger charge is 2.21. The van der Waals surface area contributed by atoms with E-state index in [1.54, 1.807) is 4.90 Å². The molecule has 26 heavy (non-hydrogen) atoms. The van der Waals surface area contributed by atoms with Gasteiger partial charge >= 0.3 is 0 Å². The zero-order chi connectivity index (χ0) is 18.5. The third-order valence-corrected chi connectivity index (χ3v) is 4.73. The van der Waals surface area contributed by atoms with Gasteiger partial charge in [-0.25, -0.2) is 0 Å². The van der Waals surface area contributed by atoms with Crippen molar-refractivity contribution in [1.29, 1.82) is 0 Å². The Morgan fingerprint density at radius 2 is 1.85 bits per heavy atom. The van der Waals surface area contributed by atoms with Gasteiger partial charge in [-0.3, -0.25) is 9.59 Å². The van der Waals surface area contributed by atoms with Crippen LogP contribution in [-0.4, -0.2) is 24.9 Å². The second kappa shape index (κ2) is 8.34. The van der Waals surface area contributed by atoms with Crippen molar-refractivity contribution in [2.45, 2.75) is 25.8 Å². The van der Waals surface area contributed by atoms with Gasteiger partial charge in [0.15, 0.2) is 0 Å². The number of hydrogen-bond donors (Lipinski definition) is 2. The maximum atomic E-state index is 12.1. The second-order valence-electron chi connectivity index (χ2n) is 6.40. The minimum absolute atomic E-state index is 0.0431. The highest BCUT2D eigenvalue weighted by molar-refractivity contribution is 6.30. The molecule has 0 aromatic heterocycles. The molecular weight excluding hydrogens is 350 g/mol. The van der Waals surface area contributed by atoms with E-state index >= 15 is 0 Å². The van der Waals surface area contributed by atoms with E-state index in [9.17, 15) is 9.59 Å². The van der Waals surface area contributed by atoms with Crippen molar-refractivity contribution < 1.29 is 9.59 Å². The van der Waals surface area contributed by atoms with Gasteiger partial charge in [0.2, 0.25) is 11.8 Å². The highest BCUT2D eigenvalue weighted by atomic mass is 35.5. The summed E-state index contributed by atoms with van der Waals surface area (Å²) in [6, 6.07) is 15.0. The summed E-state index contributed by atoms with van der Waals surface area (Å²) in [6.07, 6.45) is 1.50. The molecule has 0 radical (unpaired) electrons. The van der Waals surface area contributed by atoms with Crippen molar-refractivity contribution in [3.63, 3.8) is 0 Å². The van der Waals surface area contributed by atoms with Crippen LogP contribution in [0.15, 0.2) is 48.5 Å². The summed E-state index contributed by atoms with van der Waals surface area (Å²) in [7, 11) is 0. The summed E-state index contributed by atoms with van der Waals surface area (Å²) in [4.78, 5) is 25.7. The van der Waals surface area contributed by atoms with Gasteiger partial charge in [0.25, 0.3) is 0 Å². The summed E-state index contributed by atoms with van der Waals surface area (Å²) in [5.41, 5.74) is 2.66. The van der Waals surface area contributed by atoms with Crippen LogP contribution < -0.4 is 15.5 Å². The Balaban J connectivity index is 1.50. The maximum absolute atomic E-state index is 12.1. The van der Waals surface area contributed by atoms with Gasteiger partial charge in [-0.15, -0.1) is 0 Å². The molecule has 0 saturated carbocycles. The first kappa shape index (κ1) is 18.4. The van der Waals surface area contributed by atoms with Gasteiger partial charge in [-0.05, 0) is 55.3 Å². The number of benzene rings is 2. The number of anilines is 2.